The van der Waals surface area contributed by atoms with E-state index < -0.39 is 5.60 Å². The first-order valence-corrected chi connectivity index (χ1v) is 9.42. The molecular weight excluding hydrogens is 398 g/mol. The molecule has 0 fully saturated rings. The van der Waals surface area contributed by atoms with Crippen molar-refractivity contribution in [2.45, 2.75) is 45.8 Å². The summed E-state index contributed by atoms with van der Waals surface area (Å²) in [5, 5.41) is 0. The van der Waals surface area contributed by atoms with Gasteiger partial charge in [0, 0.05) is 29.2 Å². The van der Waals surface area contributed by atoms with Gasteiger partial charge < -0.3 is 19.4 Å². The predicted molar refractivity (Wildman–Crippen MR) is 103 cm³/mol. The second-order valence-electron chi connectivity index (χ2n) is 7.46. The van der Waals surface area contributed by atoms with E-state index >= 15 is 0 Å². The normalized spacial score (nSPS) is 14.5. The van der Waals surface area contributed by atoms with Gasteiger partial charge in [-0.05, 0) is 45.9 Å². The number of aromatic nitrogens is 2. The number of carbonyl (C=O) groups excluding carboxylic acids is 1. The lowest BCUT2D eigenvalue weighted by Crippen LogP contribution is -2.36. The number of nitrogens with one attached hydrogen (secondary N) is 1. The summed E-state index contributed by atoms with van der Waals surface area (Å²) >= 11 is 3.48. The fourth-order valence-corrected chi connectivity index (χ4v) is 3.12. The lowest BCUT2D eigenvalue weighted by atomic mass is 10.1. The number of nitrogens with zero attached hydrogens (tertiary/aromatic N) is 2. The summed E-state index contributed by atoms with van der Waals surface area (Å²) in [6.45, 7) is 8.07. The summed E-state index contributed by atoms with van der Waals surface area (Å²) in [5.41, 5.74) is 2.32. The van der Waals surface area contributed by atoms with Gasteiger partial charge in [-0.15, -0.1) is 0 Å². The monoisotopic (exact) mass is 421 g/mol. The van der Waals surface area contributed by atoms with Crippen LogP contribution in [0.1, 0.15) is 45.3 Å². The van der Waals surface area contributed by atoms with Crippen LogP contribution in [0.25, 0.3) is 11.3 Å². The SMILES string of the molecule is C[C@@H](c1nc2c([nH]1)CCOc1cc(Br)ccc1-2)N(C)C(=O)OC(C)(C)C. The summed E-state index contributed by atoms with van der Waals surface area (Å²) < 4.78 is 12.3. The van der Waals surface area contributed by atoms with Gasteiger partial charge in [-0.1, -0.05) is 15.9 Å². The molecule has 26 heavy (non-hydrogen) atoms. The van der Waals surface area contributed by atoms with Crippen molar-refractivity contribution in [2.24, 2.45) is 0 Å². The van der Waals surface area contributed by atoms with E-state index in [0.717, 1.165) is 39.4 Å². The highest BCUT2D eigenvalue weighted by Crippen LogP contribution is 2.37. The Morgan fingerprint density at radius 1 is 1.42 bits per heavy atom. The van der Waals surface area contributed by atoms with Gasteiger partial charge in [-0.25, -0.2) is 9.78 Å². The molecule has 0 saturated heterocycles. The summed E-state index contributed by atoms with van der Waals surface area (Å²) in [4.78, 5) is 22.1. The first-order chi connectivity index (χ1) is 12.2. The Hall–Kier alpha value is -2.02. The average molecular weight is 422 g/mol. The highest BCUT2D eigenvalue weighted by atomic mass is 79.9. The number of carbonyl (C=O) groups is 1. The molecule has 0 saturated carbocycles. The number of imidazole rings is 1. The Morgan fingerprint density at radius 2 is 2.15 bits per heavy atom. The fraction of sp³-hybridized carbons (Fsp3) is 0.474. The van der Waals surface area contributed by atoms with E-state index in [4.69, 9.17) is 14.5 Å². The molecule has 1 aromatic heterocycles. The minimum Gasteiger partial charge on any atom is -0.492 e. The third-order valence-electron chi connectivity index (χ3n) is 4.26. The molecule has 1 aliphatic heterocycles. The quantitative estimate of drug-likeness (QED) is 0.762. The molecule has 1 aromatic carbocycles. The van der Waals surface area contributed by atoms with E-state index in [1.165, 1.54) is 0 Å². The van der Waals surface area contributed by atoms with E-state index in [1.807, 2.05) is 45.9 Å². The van der Waals surface area contributed by atoms with Crippen molar-refractivity contribution in [2.75, 3.05) is 13.7 Å². The van der Waals surface area contributed by atoms with Crippen molar-refractivity contribution in [1.29, 1.82) is 0 Å². The number of amides is 1. The van der Waals surface area contributed by atoms with Crippen molar-refractivity contribution >= 4 is 22.0 Å². The van der Waals surface area contributed by atoms with Crippen LogP contribution in [0.5, 0.6) is 5.75 Å². The summed E-state index contributed by atoms with van der Waals surface area (Å²) in [6.07, 6.45) is 0.363. The number of benzene rings is 1. The second kappa shape index (κ2) is 6.95. The van der Waals surface area contributed by atoms with Crippen molar-refractivity contribution in [1.82, 2.24) is 14.9 Å². The van der Waals surface area contributed by atoms with Crippen LogP contribution in [0.15, 0.2) is 22.7 Å². The number of aromatic amines is 1. The van der Waals surface area contributed by atoms with Gasteiger partial charge in [0.2, 0.25) is 0 Å². The minimum atomic E-state index is -0.533. The fourth-order valence-electron chi connectivity index (χ4n) is 2.78. The predicted octanol–water partition coefficient (Wildman–Crippen LogP) is 4.70. The number of fused-ring (bicyclic) bond motifs is 3. The van der Waals surface area contributed by atoms with Gasteiger partial charge in [-0.3, -0.25) is 0 Å². The van der Waals surface area contributed by atoms with Crippen LogP contribution in [0.2, 0.25) is 0 Å². The van der Waals surface area contributed by atoms with Gasteiger partial charge in [0.25, 0.3) is 0 Å². The van der Waals surface area contributed by atoms with Gasteiger partial charge in [0.1, 0.15) is 17.2 Å². The zero-order valence-corrected chi connectivity index (χ0v) is 17.3. The van der Waals surface area contributed by atoms with Crippen LogP contribution in [0.3, 0.4) is 0 Å². The van der Waals surface area contributed by atoms with E-state index in [9.17, 15) is 4.79 Å². The number of halogens is 1. The molecule has 0 aliphatic carbocycles. The molecule has 0 unspecified atom stereocenters. The molecule has 0 bridgehead atoms. The molecular formula is C19H24BrN3O3. The van der Waals surface area contributed by atoms with Crippen LogP contribution in [0.4, 0.5) is 4.79 Å². The summed E-state index contributed by atoms with van der Waals surface area (Å²) in [7, 11) is 1.72. The van der Waals surface area contributed by atoms with E-state index in [-0.39, 0.29) is 12.1 Å². The number of rotatable bonds is 2. The molecule has 3 rings (SSSR count). The van der Waals surface area contributed by atoms with Crippen LogP contribution >= 0.6 is 15.9 Å². The standard InChI is InChI=1S/C19H24BrN3O3/c1-11(23(5)18(24)26-19(2,3)4)17-21-14-8-9-25-15-10-12(20)6-7-13(15)16(14)22-17/h6-7,10-11H,8-9H2,1-5H3,(H,21,22)/t11-/m0/s1. The van der Waals surface area contributed by atoms with Crippen molar-refractivity contribution < 1.29 is 14.3 Å². The van der Waals surface area contributed by atoms with Crippen LogP contribution in [0, 0.1) is 0 Å². The molecule has 6 nitrogen and oxygen atoms in total. The van der Waals surface area contributed by atoms with Gasteiger partial charge >= 0.3 is 6.09 Å². The first kappa shape index (κ1) is 18.8. The molecule has 140 valence electrons. The molecule has 1 aliphatic rings. The third-order valence-corrected chi connectivity index (χ3v) is 4.76. The second-order valence-corrected chi connectivity index (χ2v) is 8.37. The molecule has 7 heteroatoms. The highest BCUT2D eigenvalue weighted by molar-refractivity contribution is 9.10. The maximum atomic E-state index is 12.3. The van der Waals surface area contributed by atoms with Gasteiger partial charge in [-0.2, -0.15) is 0 Å². The lowest BCUT2D eigenvalue weighted by molar-refractivity contribution is 0.0227. The van der Waals surface area contributed by atoms with Crippen LogP contribution in [-0.4, -0.2) is 40.2 Å². The molecule has 1 atom stereocenters. The number of H-pyrrole nitrogens is 1. The van der Waals surface area contributed by atoms with Gasteiger partial charge in [0.05, 0.1) is 18.3 Å². The van der Waals surface area contributed by atoms with Crippen molar-refractivity contribution in [3.05, 3.63) is 34.2 Å². The zero-order valence-electron chi connectivity index (χ0n) is 15.7. The Morgan fingerprint density at radius 3 is 2.85 bits per heavy atom. The van der Waals surface area contributed by atoms with E-state index in [0.29, 0.717) is 6.61 Å². The number of hydrogen-bond donors (Lipinski definition) is 1. The molecule has 2 heterocycles. The molecule has 1 amide bonds. The molecule has 2 aromatic rings. The molecule has 0 radical (unpaired) electrons. The van der Waals surface area contributed by atoms with E-state index in [1.54, 1.807) is 11.9 Å². The van der Waals surface area contributed by atoms with Gasteiger partial charge in [0.15, 0.2) is 0 Å². The van der Waals surface area contributed by atoms with Crippen molar-refractivity contribution in [3.63, 3.8) is 0 Å². The summed E-state index contributed by atoms with van der Waals surface area (Å²) in [5.74, 6) is 1.54. The number of ether oxygens (including phenoxy) is 2. The maximum Gasteiger partial charge on any atom is 0.410 e. The molecule has 1 N–H and O–H groups in total. The Kier molecular flexibility index (Phi) is 5.01. The summed E-state index contributed by atoms with van der Waals surface area (Å²) in [6, 6.07) is 5.68. The largest absolute Gasteiger partial charge is 0.492 e. The zero-order chi connectivity index (χ0) is 19.1. The topological polar surface area (TPSA) is 67.5 Å². The lowest BCUT2D eigenvalue weighted by Gasteiger charge is -2.27. The molecule has 0 spiro atoms. The smallest absolute Gasteiger partial charge is 0.410 e. The Labute approximate surface area is 162 Å². The van der Waals surface area contributed by atoms with Crippen molar-refractivity contribution in [3.8, 4) is 17.0 Å². The maximum absolute atomic E-state index is 12.3. The Bertz CT molecular complexity index is 826. The minimum absolute atomic E-state index is 0.239. The Balaban J connectivity index is 1.89. The average Bonchev–Trinajstić information content (AvgIpc) is 2.89. The highest BCUT2D eigenvalue weighted by Gasteiger charge is 2.27. The van der Waals surface area contributed by atoms with Crippen LogP contribution < -0.4 is 4.74 Å². The van der Waals surface area contributed by atoms with Crippen LogP contribution in [-0.2, 0) is 11.2 Å². The third kappa shape index (κ3) is 3.87. The van der Waals surface area contributed by atoms with E-state index in [2.05, 4.69) is 20.9 Å². The number of hydrogen-bond acceptors (Lipinski definition) is 4. The first-order valence-electron chi connectivity index (χ1n) is 8.63.